The highest BCUT2D eigenvalue weighted by molar-refractivity contribution is 5.84. The lowest BCUT2D eigenvalue weighted by atomic mass is 10.0. The Balaban J connectivity index is 1.65. The number of carboxylic acids is 1. The first-order valence-corrected chi connectivity index (χ1v) is 9.34. The van der Waals surface area contributed by atoms with Crippen molar-refractivity contribution in [1.82, 2.24) is 19.7 Å². The normalized spacial score (nSPS) is 16.4. The first kappa shape index (κ1) is 19.1. The summed E-state index contributed by atoms with van der Waals surface area (Å²) in [4.78, 5) is 25.8. The van der Waals surface area contributed by atoms with E-state index in [1.54, 1.807) is 11.5 Å². The Morgan fingerprint density at radius 3 is 2.48 bits per heavy atom. The van der Waals surface area contributed by atoms with Crippen LogP contribution in [0.3, 0.4) is 0 Å². The van der Waals surface area contributed by atoms with Gasteiger partial charge < -0.3 is 14.6 Å². The van der Waals surface area contributed by atoms with Crippen molar-refractivity contribution < 1.29 is 14.7 Å². The summed E-state index contributed by atoms with van der Waals surface area (Å²) in [5, 5.41) is 17.6. The lowest BCUT2D eigenvalue weighted by Crippen LogP contribution is -2.50. The number of benzene rings is 1. The van der Waals surface area contributed by atoms with Crippen molar-refractivity contribution >= 4 is 11.9 Å². The molecule has 0 saturated heterocycles. The molecule has 1 unspecified atom stereocenters. The van der Waals surface area contributed by atoms with Gasteiger partial charge >= 0.3 is 5.97 Å². The molecular weight excluding hydrogens is 344 g/mol. The van der Waals surface area contributed by atoms with Gasteiger partial charge in [-0.1, -0.05) is 38.1 Å². The molecule has 1 N–H and O–H groups in total. The van der Waals surface area contributed by atoms with Crippen molar-refractivity contribution in [3.63, 3.8) is 0 Å². The number of carboxylic acid groups (broad SMARTS) is 1. The molecule has 0 saturated carbocycles. The zero-order valence-corrected chi connectivity index (χ0v) is 16.1. The number of amides is 1. The van der Waals surface area contributed by atoms with Crippen molar-refractivity contribution in [2.24, 2.45) is 5.92 Å². The topological polar surface area (TPSA) is 88.3 Å². The number of carbonyl (C=O) groups is 2. The largest absolute Gasteiger partial charge is 0.480 e. The van der Waals surface area contributed by atoms with Gasteiger partial charge in [0.1, 0.15) is 11.9 Å². The van der Waals surface area contributed by atoms with Gasteiger partial charge in [-0.3, -0.25) is 4.79 Å². The molecule has 0 bridgehead atoms. The molecule has 1 aliphatic heterocycles. The van der Waals surface area contributed by atoms with Gasteiger partial charge in [0.25, 0.3) is 0 Å². The molecule has 1 aromatic carbocycles. The second-order valence-corrected chi connectivity index (χ2v) is 7.56. The number of aromatic nitrogens is 3. The van der Waals surface area contributed by atoms with Gasteiger partial charge in [0.2, 0.25) is 5.91 Å². The third-order valence-electron chi connectivity index (χ3n) is 4.96. The number of aliphatic carboxylic acids is 1. The molecule has 0 radical (unpaired) electrons. The number of fused-ring (bicyclic) bond motifs is 1. The van der Waals surface area contributed by atoms with Crippen LogP contribution < -0.4 is 0 Å². The predicted molar refractivity (Wildman–Crippen MR) is 100 cm³/mol. The third-order valence-corrected chi connectivity index (χ3v) is 4.96. The SMILES string of the molecule is Cc1nnc2n1CC(C(=O)O)N(C(=O)CCc1ccc(CC(C)C)cc1)C2. The van der Waals surface area contributed by atoms with E-state index in [0.717, 1.165) is 12.0 Å². The van der Waals surface area contributed by atoms with E-state index in [0.29, 0.717) is 24.0 Å². The molecule has 7 nitrogen and oxygen atoms in total. The van der Waals surface area contributed by atoms with E-state index in [4.69, 9.17) is 0 Å². The van der Waals surface area contributed by atoms with E-state index in [-0.39, 0.29) is 25.4 Å². The van der Waals surface area contributed by atoms with Gasteiger partial charge in [-0.05, 0) is 36.8 Å². The number of aryl methyl sites for hydroxylation is 2. The molecule has 0 spiro atoms. The number of carbonyl (C=O) groups excluding carboxylic acids is 1. The summed E-state index contributed by atoms with van der Waals surface area (Å²) in [6.07, 6.45) is 1.91. The fourth-order valence-corrected chi connectivity index (χ4v) is 3.50. The van der Waals surface area contributed by atoms with Gasteiger partial charge in [0.05, 0.1) is 13.1 Å². The monoisotopic (exact) mass is 370 g/mol. The number of rotatable bonds is 6. The summed E-state index contributed by atoms with van der Waals surface area (Å²) in [5.74, 6) is 0.747. The van der Waals surface area contributed by atoms with Crippen LogP contribution >= 0.6 is 0 Å². The molecule has 1 amide bonds. The van der Waals surface area contributed by atoms with Crippen LogP contribution in [0.1, 0.15) is 43.0 Å². The lowest BCUT2D eigenvalue weighted by molar-refractivity contribution is -0.152. The molecule has 0 aliphatic carbocycles. The quantitative estimate of drug-likeness (QED) is 0.842. The van der Waals surface area contributed by atoms with Crippen molar-refractivity contribution in [1.29, 1.82) is 0 Å². The predicted octanol–water partition coefficient (Wildman–Crippen LogP) is 2.21. The number of hydrogen-bond acceptors (Lipinski definition) is 4. The minimum Gasteiger partial charge on any atom is -0.480 e. The van der Waals surface area contributed by atoms with E-state index in [2.05, 4.69) is 48.3 Å². The third kappa shape index (κ3) is 4.35. The van der Waals surface area contributed by atoms with Gasteiger partial charge in [-0.25, -0.2) is 4.79 Å². The molecular formula is C20H26N4O3. The number of hydrogen-bond donors (Lipinski definition) is 1. The van der Waals surface area contributed by atoms with E-state index < -0.39 is 12.0 Å². The average molecular weight is 370 g/mol. The average Bonchev–Trinajstić information content (AvgIpc) is 2.99. The maximum atomic E-state index is 12.7. The molecule has 2 aromatic rings. The Morgan fingerprint density at radius 1 is 1.19 bits per heavy atom. The Labute approximate surface area is 159 Å². The first-order chi connectivity index (χ1) is 12.8. The first-order valence-electron chi connectivity index (χ1n) is 9.34. The highest BCUT2D eigenvalue weighted by atomic mass is 16.4. The van der Waals surface area contributed by atoms with Crippen LogP contribution in [0, 0.1) is 12.8 Å². The van der Waals surface area contributed by atoms with Gasteiger partial charge in [0.15, 0.2) is 5.82 Å². The summed E-state index contributed by atoms with van der Waals surface area (Å²) >= 11 is 0. The highest BCUT2D eigenvalue weighted by Gasteiger charge is 2.35. The molecule has 0 fully saturated rings. The Hall–Kier alpha value is -2.70. The summed E-state index contributed by atoms with van der Waals surface area (Å²) in [6, 6.07) is 7.43. The molecule has 144 valence electrons. The van der Waals surface area contributed by atoms with Crippen molar-refractivity contribution in [2.75, 3.05) is 0 Å². The molecule has 27 heavy (non-hydrogen) atoms. The molecule has 2 heterocycles. The van der Waals surface area contributed by atoms with Crippen LogP contribution in [0.15, 0.2) is 24.3 Å². The second kappa shape index (κ2) is 7.90. The number of nitrogens with zero attached hydrogens (tertiary/aromatic N) is 4. The van der Waals surface area contributed by atoms with Crippen molar-refractivity contribution in [3.05, 3.63) is 47.0 Å². The van der Waals surface area contributed by atoms with Crippen LogP contribution in [-0.2, 0) is 35.5 Å². The van der Waals surface area contributed by atoms with Gasteiger partial charge in [0, 0.05) is 6.42 Å². The standard InChI is InChI=1S/C20H26N4O3/c1-13(2)10-16-6-4-15(5-7-16)8-9-19(25)24-12-18-22-21-14(3)23(18)11-17(24)20(26)27/h4-7,13,17H,8-12H2,1-3H3,(H,26,27). The van der Waals surface area contributed by atoms with Gasteiger partial charge in [-0.2, -0.15) is 0 Å². The fraction of sp³-hybridized carbons (Fsp3) is 0.500. The zero-order valence-electron chi connectivity index (χ0n) is 16.1. The summed E-state index contributed by atoms with van der Waals surface area (Å²) in [7, 11) is 0. The van der Waals surface area contributed by atoms with E-state index in [1.165, 1.54) is 10.5 Å². The van der Waals surface area contributed by atoms with E-state index in [1.807, 2.05) is 0 Å². The lowest BCUT2D eigenvalue weighted by Gasteiger charge is -2.33. The minimum absolute atomic E-state index is 0.166. The van der Waals surface area contributed by atoms with E-state index in [9.17, 15) is 14.7 Å². The molecule has 1 aliphatic rings. The van der Waals surface area contributed by atoms with Crippen LogP contribution in [0.25, 0.3) is 0 Å². The summed E-state index contributed by atoms with van der Waals surface area (Å²) < 4.78 is 1.77. The zero-order chi connectivity index (χ0) is 19.6. The van der Waals surface area contributed by atoms with Crippen LogP contribution in [-0.4, -0.2) is 42.7 Å². The second-order valence-electron chi connectivity index (χ2n) is 7.56. The molecule has 3 rings (SSSR count). The summed E-state index contributed by atoms with van der Waals surface area (Å²) in [5.41, 5.74) is 2.37. The minimum atomic E-state index is -1.000. The molecule has 1 atom stereocenters. The van der Waals surface area contributed by atoms with Crippen molar-refractivity contribution in [2.45, 2.75) is 59.2 Å². The Kier molecular flexibility index (Phi) is 5.58. The smallest absolute Gasteiger partial charge is 0.328 e. The Morgan fingerprint density at radius 2 is 1.85 bits per heavy atom. The fourth-order valence-electron chi connectivity index (χ4n) is 3.50. The maximum absolute atomic E-state index is 12.7. The van der Waals surface area contributed by atoms with Crippen molar-refractivity contribution in [3.8, 4) is 0 Å². The van der Waals surface area contributed by atoms with Crippen LogP contribution in [0.4, 0.5) is 0 Å². The Bertz CT molecular complexity index is 826. The highest BCUT2D eigenvalue weighted by Crippen LogP contribution is 2.20. The molecule has 7 heteroatoms. The molecule has 1 aromatic heterocycles. The van der Waals surface area contributed by atoms with Crippen LogP contribution in [0.5, 0.6) is 0 Å². The summed E-state index contributed by atoms with van der Waals surface area (Å²) in [6.45, 7) is 6.54. The maximum Gasteiger partial charge on any atom is 0.328 e. The van der Waals surface area contributed by atoms with E-state index >= 15 is 0 Å². The van der Waals surface area contributed by atoms with Crippen LogP contribution in [0.2, 0.25) is 0 Å². The van der Waals surface area contributed by atoms with Gasteiger partial charge in [-0.15, -0.1) is 10.2 Å².